The van der Waals surface area contributed by atoms with Crippen LogP contribution in [0.3, 0.4) is 0 Å². The Morgan fingerprint density at radius 3 is 3.09 bits per heavy atom. The maximum absolute atomic E-state index is 12.9. The van der Waals surface area contributed by atoms with E-state index in [1.807, 2.05) is 11.0 Å². The van der Waals surface area contributed by atoms with E-state index in [1.54, 1.807) is 16.8 Å². The van der Waals surface area contributed by atoms with E-state index in [1.165, 1.54) is 11.9 Å². The average Bonchev–Trinajstić information content (AvgIpc) is 3.18. The normalized spacial score (nSPS) is 17.5. The molecule has 0 aliphatic carbocycles. The van der Waals surface area contributed by atoms with E-state index in [0.717, 1.165) is 13.0 Å². The van der Waals surface area contributed by atoms with Gasteiger partial charge in [0.25, 0.3) is 5.91 Å². The van der Waals surface area contributed by atoms with Gasteiger partial charge < -0.3 is 9.47 Å². The van der Waals surface area contributed by atoms with Crippen LogP contribution in [0.1, 0.15) is 35.6 Å². The Morgan fingerprint density at radius 2 is 2.26 bits per heavy atom. The fourth-order valence-corrected chi connectivity index (χ4v) is 3.40. The quantitative estimate of drug-likeness (QED) is 0.726. The number of halogens is 1. The molecule has 3 aromatic rings. The van der Waals surface area contributed by atoms with Crippen LogP contribution < -0.4 is 0 Å². The molecule has 1 aliphatic rings. The van der Waals surface area contributed by atoms with Crippen LogP contribution in [-0.4, -0.2) is 36.3 Å². The third-order valence-corrected chi connectivity index (χ3v) is 4.50. The molecule has 1 atom stereocenters. The van der Waals surface area contributed by atoms with Gasteiger partial charge in [-0.25, -0.2) is 9.97 Å². The first-order valence-corrected chi connectivity index (χ1v) is 8.01. The zero-order valence-corrected chi connectivity index (χ0v) is 13.4. The highest BCUT2D eigenvalue weighted by Crippen LogP contribution is 2.29. The summed E-state index contributed by atoms with van der Waals surface area (Å²) in [6.07, 6.45) is 7.86. The Kier molecular flexibility index (Phi) is 3.34. The first-order chi connectivity index (χ1) is 11.2. The molecule has 6 nitrogen and oxygen atoms in total. The lowest BCUT2D eigenvalue weighted by Crippen LogP contribution is -2.41. The molecule has 1 unspecified atom stereocenters. The van der Waals surface area contributed by atoms with Crippen molar-refractivity contribution >= 4 is 23.3 Å². The Bertz CT molecular complexity index is 884. The number of carbonyl (C=O) groups is 1. The molecule has 3 aromatic heterocycles. The van der Waals surface area contributed by atoms with Crippen LogP contribution in [0.15, 0.2) is 36.9 Å². The van der Waals surface area contributed by atoms with Crippen molar-refractivity contribution in [2.45, 2.75) is 25.9 Å². The summed E-state index contributed by atoms with van der Waals surface area (Å²) in [5.41, 5.74) is 1.58. The maximum atomic E-state index is 12.9. The minimum atomic E-state index is -0.0640. The molecule has 0 aromatic carbocycles. The van der Waals surface area contributed by atoms with Gasteiger partial charge in [-0.1, -0.05) is 18.5 Å². The number of fused-ring (bicyclic) bond motifs is 2. The molecule has 7 heteroatoms. The molecule has 1 amide bonds. The summed E-state index contributed by atoms with van der Waals surface area (Å²) in [5.74, 6) is 0.414. The van der Waals surface area contributed by atoms with Gasteiger partial charge in [-0.15, -0.1) is 0 Å². The Hall–Kier alpha value is -2.34. The molecular weight excluding hydrogens is 314 g/mol. The lowest BCUT2D eigenvalue weighted by atomic mass is 10.1. The van der Waals surface area contributed by atoms with Crippen molar-refractivity contribution in [1.82, 2.24) is 23.8 Å². The molecule has 118 valence electrons. The van der Waals surface area contributed by atoms with Gasteiger partial charge in [0.15, 0.2) is 0 Å². The van der Waals surface area contributed by atoms with E-state index in [4.69, 9.17) is 11.6 Å². The molecule has 0 radical (unpaired) electrons. The van der Waals surface area contributed by atoms with E-state index in [0.29, 0.717) is 23.0 Å². The summed E-state index contributed by atoms with van der Waals surface area (Å²) < 4.78 is 3.89. The predicted octanol–water partition coefficient (Wildman–Crippen LogP) is 2.79. The lowest BCUT2D eigenvalue weighted by Gasteiger charge is -2.36. The molecule has 0 fully saturated rings. The van der Waals surface area contributed by atoms with Gasteiger partial charge in [-0.2, -0.15) is 0 Å². The number of carbonyl (C=O) groups excluding carboxylic acids is 1. The second-order valence-electron chi connectivity index (χ2n) is 5.65. The number of aromatic nitrogens is 4. The Morgan fingerprint density at radius 1 is 1.39 bits per heavy atom. The van der Waals surface area contributed by atoms with Crippen molar-refractivity contribution in [1.29, 1.82) is 0 Å². The lowest BCUT2D eigenvalue weighted by molar-refractivity contribution is 0.0612. The minimum absolute atomic E-state index is 0.0640. The minimum Gasteiger partial charge on any atom is -0.348 e. The van der Waals surface area contributed by atoms with Crippen molar-refractivity contribution in [2.75, 3.05) is 6.54 Å². The molecule has 0 bridgehead atoms. The highest BCUT2D eigenvalue weighted by molar-refractivity contribution is 6.30. The van der Waals surface area contributed by atoms with Crippen molar-refractivity contribution in [3.63, 3.8) is 0 Å². The van der Waals surface area contributed by atoms with Gasteiger partial charge in [0.2, 0.25) is 5.78 Å². The van der Waals surface area contributed by atoms with E-state index >= 15 is 0 Å². The van der Waals surface area contributed by atoms with Crippen LogP contribution in [0.4, 0.5) is 0 Å². The molecule has 4 rings (SSSR count). The topological polar surface area (TPSA) is 55.4 Å². The fraction of sp³-hybridized carbons (Fsp3) is 0.312. The molecule has 23 heavy (non-hydrogen) atoms. The van der Waals surface area contributed by atoms with Crippen LogP contribution >= 0.6 is 11.6 Å². The van der Waals surface area contributed by atoms with Crippen LogP contribution in [0.2, 0.25) is 5.02 Å². The molecule has 0 spiro atoms. The first kappa shape index (κ1) is 14.3. The summed E-state index contributed by atoms with van der Waals surface area (Å²) in [7, 11) is 0. The summed E-state index contributed by atoms with van der Waals surface area (Å²) in [6, 6.07) is 4.19. The summed E-state index contributed by atoms with van der Waals surface area (Å²) in [4.78, 5) is 23.3. The Balaban J connectivity index is 1.70. The van der Waals surface area contributed by atoms with Crippen LogP contribution in [0.5, 0.6) is 0 Å². The highest BCUT2D eigenvalue weighted by atomic mass is 35.5. The third kappa shape index (κ3) is 2.30. The third-order valence-electron chi connectivity index (χ3n) is 4.31. The van der Waals surface area contributed by atoms with Crippen molar-refractivity contribution < 1.29 is 4.79 Å². The van der Waals surface area contributed by atoms with E-state index in [9.17, 15) is 4.79 Å². The monoisotopic (exact) mass is 329 g/mol. The van der Waals surface area contributed by atoms with Crippen molar-refractivity contribution in [3.8, 4) is 0 Å². The number of hydrogen-bond donors (Lipinski definition) is 0. The number of rotatable bonds is 2. The van der Waals surface area contributed by atoms with E-state index in [2.05, 4.69) is 33.7 Å². The fourth-order valence-electron chi connectivity index (χ4n) is 3.25. The van der Waals surface area contributed by atoms with Crippen LogP contribution in [-0.2, 0) is 6.54 Å². The summed E-state index contributed by atoms with van der Waals surface area (Å²) in [5, 5.41) is 0.510. The average molecular weight is 330 g/mol. The largest absolute Gasteiger partial charge is 0.348 e. The molecule has 1 aliphatic heterocycles. The predicted molar refractivity (Wildman–Crippen MR) is 86.5 cm³/mol. The van der Waals surface area contributed by atoms with E-state index in [-0.39, 0.29) is 11.9 Å². The van der Waals surface area contributed by atoms with Crippen molar-refractivity contribution in [3.05, 3.63) is 53.3 Å². The second-order valence-corrected chi connectivity index (χ2v) is 6.09. The van der Waals surface area contributed by atoms with Crippen LogP contribution in [0.25, 0.3) is 5.78 Å². The number of hydrogen-bond acceptors (Lipinski definition) is 3. The molecule has 0 saturated heterocycles. The molecule has 4 heterocycles. The van der Waals surface area contributed by atoms with Gasteiger partial charge >= 0.3 is 0 Å². The first-order valence-electron chi connectivity index (χ1n) is 7.63. The second kappa shape index (κ2) is 5.38. The zero-order valence-electron chi connectivity index (χ0n) is 12.7. The van der Waals surface area contributed by atoms with Gasteiger partial charge in [0.05, 0.1) is 17.3 Å². The summed E-state index contributed by atoms with van der Waals surface area (Å²) in [6.45, 7) is 3.59. The number of imidazole rings is 1. The SMILES string of the molecule is CCC1c2cccn2CCN1C(=O)c1cn2cc(Cl)cnc2n1. The molecular formula is C16H16ClN5O. The van der Waals surface area contributed by atoms with Gasteiger partial charge in [0.1, 0.15) is 5.69 Å². The van der Waals surface area contributed by atoms with Gasteiger partial charge in [-0.3, -0.25) is 9.20 Å². The Labute approximate surface area is 138 Å². The van der Waals surface area contributed by atoms with Gasteiger partial charge in [0, 0.05) is 37.4 Å². The highest BCUT2D eigenvalue weighted by Gasteiger charge is 2.31. The standard InChI is InChI=1S/C16H16ClN5O/c1-2-13-14-4-3-5-20(14)6-7-22(13)15(23)12-10-21-9-11(17)8-18-16(21)19-12/h3-5,8-10,13H,2,6-7H2,1H3. The number of nitrogens with zero attached hydrogens (tertiary/aromatic N) is 5. The van der Waals surface area contributed by atoms with Crippen LogP contribution in [0, 0.1) is 0 Å². The summed E-state index contributed by atoms with van der Waals surface area (Å²) >= 11 is 5.94. The molecule has 0 N–H and O–H groups in total. The smallest absolute Gasteiger partial charge is 0.274 e. The number of amides is 1. The van der Waals surface area contributed by atoms with Crippen molar-refractivity contribution in [2.24, 2.45) is 0 Å². The van der Waals surface area contributed by atoms with E-state index < -0.39 is 0 Å². The van der Waals surface area contributed by atoms with Gasteiger partial charge in [-0.05, 0) is 18.6 Å². The zero-order chi connectivity index (χ0) is 16.0. The maximum Gasteiger partial charge on any atom is 0.274 e. The molecule has 0 saturated carbocycles.